The Morgan fingerprint density at radius 1 is 1.22 bits per heavy atom. The molecule has 246 valence electrons. The average Bonchev–Trinajstić information content (AvgIpc) is 3.80. The summed E-state index contributed by atoms with van der Waals surface area (Å²) in [5, 5.41) is 18.6. The molecule has 4 fully saturated rings. The van der Waals surface area contributed by atoms with Gasteiger partial charge in [-0.3, -0.25) is 33.7 Å². The summed E-state index contributed by atoms with van der Waals surface area (Å²) in [6.45, 7) is -10.0. The van der Waals surface area contributed by atoms with Crippen molar-refractivity contribution in [2.75, 3.05) is 25.6 Å². The van der Waals surface area contributed by atoms with E-state index >= 15 is 4.39 Å². The van der Waals surface area contributed by atoms with Gasteiger partial charge in [0, 0.05) is 0 Å². The van der Waals surface area contributed by atoms with Gasteiger partial charge in [0.1, 0.15) is 41.9 Å². The molecule has 8 rings (SSSR count). The minimum atomic E-state index is -4.47. The SMILES string of the molecule is N=C1N=C2C(N=NN2[C@@H]2O[C@@H]3COP(O)(=S)O[C@H]4[C@H]5OCC4(COP(=O)(S)O[C@@H]2[C@H]3F)O[C@H]5n2cnc3c(N)ncnc32)C(=O)N1. The number of hydrogen-bond donors (Lipinski definition) is 5. The molecular formula is C20H22FN11O10P2S2. The number of nitrogen functional groups attached to an aromatic ring is 1. The summed E-state index contributed by atoms with van der Waals surface area (Å²) in [4.78, 5) is 39.8. The molecule has 6 aliphatic rings. The largest absolute Gasteiger partial charge is 0.386 e. The zero-order chi connectivity index (χ0) is 32.2. The number of nitrogens with two attached hydrogens (primary N) is 1. The van der Waals surface area contributed by atoms with Gasteiger partial charge in [-0.25, -0.2) is 23.9 Å². The molecule has 8 heterocycles. The van der Waals surface area contributed by atoms with Crippen LogP contribution in [0.5, 0.6) is 0 Å². The second kappa shape index (κ2) is 10.7. The Kier molecular flexibility index (Phi) is 7.15. The number of guanidine groups is 1. The van der Waals surface area contributed by atoms with Crippen molar-refractivity contribution in [1.29, 1.82) is 5.41 Å². The van der Waals surface area contributed by atoms with Crippen molar-refractivity contribution in [2.24, 2.45) is 15.3 Å². The number of nitrogens with zero attached hydrogens (tertiary/aromatic N) is 8. The molecule has 0 radical (unpaired) electrons. The van der Waals surface area contributed by atoms with Crippen molar-refractivity contribution in [3.8, 4) is 0 Å². The molecule has 11 atom stereocenters. The van der Waals surface area contributed by atoms with Gasteiger partial charge in [0.25, 0.3) is 5.91 Å². The predicted octanol–water partition coefficient (Wildman–Crippen LogP) is -0.276. The lowest BCUT2D eigenvalue weighted by atomic mass is 10.0. The average molecular weight is 722 g/mol. The fourth-order valence-corrected chi connectivity index (χ4v) is 8.83. The van der Waals surface area contributed by atoms with Gasteiger partial charge in [-0.2, -0.15) is 10.0 Å². The predicted molar refractivity (Wildman–Crippen MR) is 154 cm³/mol. The number of halogens is 1. The lowest BCUT2D eigenvalue weighted by molar-refractivity contribution is -0.183. The molecule has 0 spiro atoms. The number of fused-ring (bicyclic) bond motifs is 4. The van der Waals surface area contributed by atoms with Gasteiger partial charge in [-0.15, -0.1) is 5.11 Å². The lowest BCUT2D eigenvalue weighted by Gasteiger charge is -2.33. The van der Waals surface area contributed by atoms with Crippen LogP contribution in [0.3, 0.4) is 0 Å². The number of imidazole rings is 1. The molecule has 2 aromatic rings. The monoisotopic (exact) mass is 721 g/mol. The van der Waals surface area contributed by atoms with Gasteiger partial charge in [-0.1, -0.05) is 17.5 Å². The Bertz CT molecular complexity index is 1820. The summed E-state index contributed by atoms with van der Waals surface area (Å²) in [7, 11) is 0. The first-order valence-corrected chi connectivity index (χ1v) is 18.6. The maximum atomic E-state index is 15.9. The number of alkyl halides is 1. The molecule has 46 heavy (non-hydrogen) atoms. The molecule has 21 nitrogen and oxygen atoms in total. The number of amidine groups is 1. The fourth-order valence-electron chi connectivity index (χ4n) is 5.91. The topological polar surface area (TPSA) is 265 Å². The summed E-state index contributed by atoms with van der Waals surface area (Å²) in [5.41, 5.74) is 4.99. The third-order valence-electron chi connectivity index (χ3n) is 7.97. The first-order valence-electron chi connectivity index (χ1n) is 13.4. The first kappa shape index (κ1) is 30.7. The second-order valence-corrected chi connectivity index (χ2v) is 16.5. The number of hydrogen-bond acceptors (Lipinski definition) is 18. The number of carbonyl (C=O) groups excluding carboxylic acids is 1. The van der Waals surface area contributed by atoms with E-state index in [-0.39, 0.29) is 18.3 Å². The van der Waals surface area contributed by atoms with E-state index in [1.165, 1.54) is 17.2 Å². The van der Waals surface area contributed by atoms with Gasteiger partial charge in [0.2, 0.25) is 12.0 Å². The Balaban J connectivity index is 1.11. The number of nitrogens with one attached hydrogen (secondary N) is 2. The number of rotatable bonds is 2. The van der Waals surface area contributed by atoms with Crippen LogP contribution in [-0.2, 0) is 53.5 Å². The molecule has 4 bridgehead atoms. The highest BCUT2D eigenvalue weighted by Crippen LogP contribution is 2.60. The van der Waals surface area contributed by atoms with E-state index in [1.807, 2.05) is 0 Å². The molecule has 5 N–H and O–H groups in total. The minimum absolute atomic E-state index is 0.130. The Hall–Kier alpha value is -2.60. The molecule has 0 aromatic carbocycles. The number of aromatic nitrogens is 4. The Morgan fingerprint density at radius 2 is 2.04 bits per heavy atom. The highest BCUT2D eigenvalue weighted by molar-refractivity contribution is 8.44. The summed E-state index contributed by atoms with van der Waals surface area (Å²) < 4.78 is 72.0. The molecule has 4 unspecified atom stereocenters. The van der Waals surface area contributed by atoms with Crippen molar-refractivity contribution in [3.63, 3.8) is 0 Å². The van der Waals surface area contributed by atoms with E-state index in [1.54, 1.807) is 0 Å². The Morgan fingerprint density at radius 3 is 2.87 bits per heavy atom. The summed E-state index contributed by atoms with van der Waals surface area (Å²) in [6.07, 6.45) is -7.27. The van der Waals surface area contributed by atoms with Crippen LogP contribution < -0.4 is 11.1 Å². The van der Waals surface area contributed by atoms with E-state index in [4.69, 9.17) is 55.3 Å². The van der Waals surface area contributed by atoms with Crippen molar-refractivity contribution < 1.29 is 50.9 Å². The highest BCUT2D eigenvalue weighted by Gasteiger charge is 2.66. The molecule has 6 aliphatic heterocycles. The summed E-state index contributed by atoms with van der Waals surface area (Å²) in [5.74, 6) is -1.24. The van der Waals surface area contributed by atoms with Crippen molar-refractivity contribution in [3.05, 3.63) is 12.7 Å². The molecule has 2 aromatic heterocycles. The van der Waals surface area contributed by atoms with E-state index in [2.05, 4.69) is 47.8 Å². The quantitative estimate of drug-likeness (QED) is 0.197. The van der Waals surface area contributed by atoms with Crippen LogP contribution >= 0.6 is 25.8 Å². The first-order chi connectivity index (χ1) is 21.8. The third kappa shape index (κ3) is 4.90. The van der Waals surface area contributed by atoms with Crippen LogP contribution in [-0.4, -0.2) is 115 Å². The van der Waals surface area contributed by atoms with E-state index in [9.17, 15) is 14.3 Å². The standard InChI is InChI=1S/C20H22FN11O10P2S2/c21-7-6-1-37-43(34,45)42-12-11-17(31-5-26-8-13(22)24-4-25-14(8)31)40-20(12,2-36-11)3-38-44(35,46)41-10(7)18(39-6)32-15-9(29-30-32)16(33)28-19(23)27-15/h4-7,9-12,17-18H,1-3H2,(H,34,45)(H,35,46)(H2,22,24,25)(H2,23,28,33)/t6-,7+,9?,10-,11-,12+,17-,18-,20?,43?,44?/m1/s1. The van der Waals surface area contributed by atoms with Gasteiger partial charge in [0.15, 0.2) is 35.9 Å². The van der Waals surface area contributed by atoms with Gasteiger partial charge < -0.3 is 29.4 Å². The van der Waals surface area contributed by atoms with E-state index < -0.39 is 93.3 Å². The highest BCUT2D eigenvalue weighted by atomic mass is 32.7. The minimum Gasteiger partial charge on any atom is -0.382 e. The number of ether oxygens (including phenoxy) is 3. The van der Waals surface area contributed by atoms with Crippen LogP contribution in [0.4, 0.5) is 10.2 Å². The van der Waals surface area contributed by atoms with Crippen LogP contribution in [0, 0.1) is 5.41 Å². The zero-order valence-electron chi connectivity index (χ0n) is 22.8. The molecule has 0 saturated carbocycles. The smallest absolute Gasteiger partial charge is 0.382 e. The number of anilines is 1. The summed E-state index contributed by atoms with van der Waals surface area (Å²) in [6, 6.07) is -1.25. The third-order valence-corrected chi connectivity index (χ3v) is 11.1. The second-order valence-electron chi connectivity index (χ2n) is 10.8. The van der Waals surface area contributed by atoms with Crippen molar-refractivity contribution in [2.45, 2.75) is 54.7 Å². The normalized spacial score (nSPS) is 43.9. The Labute approximate surface area is 266 Å². The van der Waals surface area contributed by atoms with Crippen LogP contribution in [0.15, 0.2) is 28.0 Å². The number of thiol groups is 1. The fraction of sp³-hybridized carbons (Fsp3) is 0.600. The van der Waals surface area contributed by atoms with E-state index in [0.717, 1.165) is 5.01 Å². The summed E-state index contributed by atoms with van der Waals surface area (Å²) >= 11 is 9.38. The van der Waals surface area contributed by atoms with Crippen molar-refractivity contribution >= 4 is 72.3 Å². The molecule has 4 saturated heterocycles. The lowest BCUT2D eigenvalue weighted by Crippen LogP contribution is -2.52. The maximum Gasteiger partial charge on any atom is 0.386 e. The van der Waals surface area contributed by atoms with Crippen LogP contribution in [0.1, 0.15) is 6.23 Å². The van der Waals surface area contributed by atoms with Crippen LogP contribution in [0.2, 0.25) is 0 Å². The number of carbonyl (C=O) groups is 1. The maximum absolute atomic E-state index is 15.9. The number of aliphatic imine (C=N–C) groups is 1. The number of amides is 1. The molecule has 0 aliphatic carbocycles. The van der Waals surface area contributed by atoms with Crippen LogP contribution in [0.25, 0.3) is 11.2 Å². The van der Waals surface area contributed by atoms with Gasteiger partial charge in [0.05, 0.1) is 26.1 Å². The van der Waals surface area contributed by atoms with Gasteiger partial charge >= 0.3 is 13.5 Å². The van der Waals surface area contributed by atoms with Gasteiger partial charge in [-0.05, 0) is 11.8 Å². The van der Waals surface area contributed by atoms with E-state index in [0.29, 0.717) is 11.2 Å². The zero-order valence-corrected chi connectivity index (χ0v) is 26.3. The molecular weight excluding hydrogens is 699 g/mol. The molecule has 26 heteroatoms. The van der Waals surface area contributed by atoms with Crippen molar-refractivity contribution in [1.82, 2.24) is 29.8 Å². The molecule has 1 amide bonds.